The third-order valence-electron chi connectivity index (χ3n) is 5.45. The van der Waals surface area contributed by atoms with Crippen LogP contribution in [-0.4, -0.2) is 44.1 Å². The van der Waals surface area contributed by atoms with Crippen molar-refractivity contribution in [1.82, 2.24) is 0 Å². The Labute approximate surface area is 161 Å². The maximum absolute atomic E-state index is 13.2. The number of aromatic hydroxyl groups is 2. The lowest BCUT2D eigenvalue weighted by atomic mass is 9.65. The third kappa shape index (κ3) is 2.57. The molecule has 148 valence electrons. The SMILES string of the molecule is CC(C)=CCc1c(O)cc2c(c1O)C(=O)C(C)(O)C1(CC=C(C)C(=O)O1)C2=O. The molecule has 0 aromatic heterocycles. The second kappa shape index (κ2) is 6.31. The molecule has 2 atom stereocenters. The lowest BCUT2D eigenvalue weighted by Gasteiger charge is -2.46. The van der Waals surface area contributed by atoms with Crippen LogP contribution < -0.4 is 0 Å². The zero-order valence-electron chi connectivity index (χ0n) is 16.1. The fourth-order valence-electron chi connectivity index (χ4n) is 3.58. The molecule has 0 saturated heterocycles. The van der Waals surface area contributed by atoms with Gasteiger partial charge in [-0.2, -0.15) is 0 Å². The zero-order chi connectivity index (χ0) is 21.0. The fraction of sp³-hybridized carbons (Fsp3) is 0.381. The summed E-state index contributed by atoms with van der Waals surface area (Å²) < 4.78 is 5.27. The van der Waals surface area contributed by atoms with E-state index >= 15 is 0 Å². The smallest absolute Gasteiger partial charge is 0.334 e. The molecule has 2 aliphatic rings. The molecule has 0 fully saturated rings. The fourth-order valence-corrected chi connectivity index (χ4v) is 3.58. The van der Waals surface area contributed by atoms with E-state index in [0.717, 1.165) is 18.6 Å². The predicted octanol–water partition coefficient (Wildman–Crippen LogP) is 2.37. The van der Waals surface area contributed by atoms with Crippen molar-refractivity contribution in [2.24, 2.45) is 0 Å². The molecule has 7 nitrogen and oxygen atoms in total. The number of phenols is 2. The number of esters is 1. The van der Waals surface area contributed by atoms with Gasteiger partial charge >= 0.3 is 5.97 Å². The van der Waals surface area contributed by atoms with Gasteiger partial charge in [0.15, 0.2) is 5.60 Å². The summed E-state index contributed by atoms with van der Waals surface area (Å²) in [5, 5.41) is 32.0. The third-order valence-corrected chi connectivity index (χ3v) is 5.45. The first kappa shape index (κ1) is 19.8. The van der Waals surface area contributed by atoms with Gasteiger partial charge in [0.2, 0.25) is 17.2 Å². The van der Waals surface area contributed by atoms with Crippen molar-refractivity contribution in [3.8, 4) is 11.5 Å². The largest absolute Gasteiger partial charge is 0.507 e. The normalized spacial score (nSPS) is 26.6. The van der Waals surface area contributed by atoms with Crippen LogP contribution in [0.1, 0.15) is 60.4 Å². The molecule has 1 spiro atoms. The van der Waals surface area contributed by atoms with E-state index in [0.29, 0.717) is 0 Å². The molecule has 0 saturated carbocycles. The van der Waals surface area contributed by atoms with Crippen molar-refractivity contribution >= 4 is 17.5 Å². The highest BCUT2D eigenvalue weighted by atomic mass is 16.6. The molecule has 0 radical (unpaired) electrons. The molecule has 1 aliphatic heterocycles. The van der Waals surface area contributed by atoms with E-state index in [1.54, 1.807) is 6.08 Å². The van der Waals surface area contributed by atoms with Crippen molar-refractivity contribution in [3.63, 3.8) is 0 Å². The Bertz CT molecular complexity index is 977. The average Bonchev–Trinajstić information content (AvgIpc) is 2.61. The van der Waals surface area contributed by atoms with E-state index in [-0.39, 0.29) is 40.9 Å². The van der Waals surface area contributed by atoms with E-state index in [4.69, 9.17) is 4.74 Å². The Balaban J connectivity index is 2.25. The van der Waals surface area contributed by atoms with Crippen molar-refractivity contribution in [2.45, 2.75) is 51.7 Å². The zero-order valence-corrected chi connectivity index (χ0v) is 16.1. The van der Waals surface area contributed by atoms with Crippen LogP contribution in [0.5, 0.6) is 11.5 Å². The predicted molar refractivity (Wildman–Crippen MR) is 99.4 cm³/mol. The van der Waals surface area contributed by atoms with Gasteiger partial charge in [-0.25, -0.2) is 4.79 Å². The highest BCUT2D eigenvalue weighted by Crippen LogP contribution is 2.48. The molecule has 1 heterocycles. The van der Waals surface area contributed by atoms with E-state index in [1.807, 2.05) is 13.8 Å². The average molecular weight is 386 g/mol. The lowest BCUT2D eigenvalue weighted by molar-refractivity contribution is -0.170. The van der Waals surface area contributed by atoms with Crippen molar-refractivity contribution in [2.75, 3.05) is 0 Å². The number of fused-ring (bicyclic) bond motifs is 1. The summed E-state index contributed by atoms with van der Waals surface area (Å²) in [4.78, 5) is 38.4. The lowest BCUT2D eigenvalue weighted by Crippen LogP contribution is -2.67. The number of hydrogen-bond donors (Lipinski definition) is 3. The summed E-state index contributed by atoms with van der Waals surface area (Å²) >= 11 is 0. The van der Waals surface area contributed by atoms with Gasteiger partial charge in [0, 0.05) is 23.1 Å². The minimum absolute atomic E-state index is 0.0734. The van der Waals surface area contributed by atoms with Gasteiger partial charge in [-0.15, -0.1) is 0 Å². The van der Waals surface area contributed by atoms with Crippen LogP contribution in [0.15, 0.2) is 29.4 Å². The Morgan fingerprint density at radius 3 is 2.43 bits per heavy atom. The number of rotatable bonds is 2. The van der Waals surface area contributed by atoms with Gasteiger partial charge in [0.1, 0.15) is 11.5 Å². The van der Waals surface area contributed by atoms with Crippen LogP contribution in [0.25, 0.3) is 0 Å². The summed E-state index contributed by atoms with van der Waals surface area (Å²) in [5.41, 5.74) is -3.92. The highest BCUT2D eigenvalue weighted by molar-refractivity contribution is 6.24. The van der Waals surface area contributed by atoms with Gasteiger partial charge in [0.05, 0.1) is 5.56 Å². The van der Waals surface area contributed by atoms with Crippen LogP contribution in [0.3, 0.4) is 0 Å². The summed E-state index contributed by atoms with van der Waals surface area (Å²) in [6.07, 6.45) is 3.12. The second-order valence-electron chi connectivity index (χ2n) is 7.67. The highest BCUT2D eigenvalue weighted by Gasteiger charge is 2.65. The molecule has 1 aromatic carbocycles. The second-order valence-corrected chi connectivity index (χ2v) is 7.67. The standard InChI is InChI=1S/C21H22O7/c1-10(2)5-6-12-14(22)9-13-15(16(12)23)18(25)20(4,27)21(17(13)24)8-7-11(3)19(26)28-21/h5,7,9,22-23,27H,6,8H2,1-4H3. The molecule has 0 amide bonds. The molecule has 1 aromatic rings. The molecule has 0 bridgehead atoms. The monoisotopic (exact) mass is 386 g/mol. The quantitative estimate of drug-likeness (QED) is 0.527. The number of carbonyl (C=O) groups is 3. The first-order valence-electron chi connectivity index (χ1n) is 8.87. The van der Waals surface area contributed by atoms with Gasteiger partial charge in [-0.05, 0) is 40.2 Å². The summed E-state index contributed by atoms with van der Waals surface area (Å²) in [7, 11) is 0. The van der Waals surface area contributed by atoms with Crippen molar-refractivity contribution in [3.05, 3.63) is 46.1 Å². The van der Waals surface area contributed by atoms with Crippen LogP contribution >= 0.6 is 0 Å². The molecular weight excluding hydrogens is 364 g/mol. The molecule has 1 aliphatic carbocycles. The van der Waals surface area contributed by atoms with E-state index in [9.17, 15) is 29.7 Å². The van der Waals surface area contributed by atoms with Gasteiger partial charge in [0.25, 0.3) is 0 Å². The topological polar surface area (TPSA) is 121 Å². The number of ether oxygens (including phenoxy) is 1. The van der Waals surface area contributed by atoms with Crippen LogP contribution in [-0.2, 0) is 16.0 Å². The summed E-state index contributed by atoms with van der Waals surface area (Å²) in [6, 6.07) is 1.08. The summed E-state index contributed by atoms with van der Waals surface area (Å²) in [6.45, 7) is 6.27. The Hall–Kier alpha value is -2.93. The number of aliphatic hydroxyl groups is 1. The maximum Gasteiger partial charge on any atom is 0.334 e. The van der Waals surface area contributed by atoms with E-state index < -0.39 is 34.5 Å². The van der Waals surface area contributed by atoms with Gasteiger partial charge in [-0.1, -0.05) is 17.7 Å². The summed E-state index contributed by atoms with van der Waals surface area (Å²) in [5.74, 6) is -3.53. The van der Waals surface area contributed by atoms with Crippen molar-refractivity contribution < 1.29 is 34.4 Å². The molecule has 28 heavy (non-hydrogen) atoms. The Morgan fingerprint density at radius 1 is 1.21 bits per heavy atom. The molecule has 3 N–H and O–H groups in total. The van der Waals surface area contributed by atoms with Crippen LogP contribution in [0, 0.1) is 0 Å². The van der Waals surface area contributed by atoms with Crippen LogP contribution in [0.4, 0.5) is 0 Å². The van der Waals surface area contributed by atoms with E-state index in [1.165, 1.54) is 13.0 Å². The molecule has 7 heteroatoms. The van der Waals surface area contributed by atoms with Crippen LogP contribution in [0.2, 0.25) is 0 Å². The minimum Gasteiger partial charge on any atom is -0.507 e. The number of hydrogen-bond acceptors (Lipinski definition) is 7. The maximum atomic E-state index is 13.2. The van der Waals surface area contributed by atoms with Gasteiger partial charge < -0.3 is 20.1 Å². The number of Topliss-reactive ketones (excluding diaryl/α,β-unsaturated/α-hetero) is 2. The number of carbonyl (C=O) groups excluding carboxylic acids is 3. The number of ketones is 2. The van der Waals surface area contributed by atoms with Gasteiger partial charge in [-0.3, -0.25) is 9.59 Å². The van der Waals surface area contributed by atoms with E-state index in [2.05, 4.69) is 0 Å². The molecule has 2 unspecified atom stereocenters. The number of benzene rings is 1. The number of allylic oxidation sites excluding steroid dienone is 2. The first-order valence-corrected chi connectivity index (χ1v) is 8.87. The first-order chi connectivity index (χ1) is 12.9. The molecular formula is C21H22O7. The van der Waals surface area contributed by atoms with Crippen molar-refractivity contribution in [1.29, 1.82) is 0 Å². The Kier molecular flexibility index (Phi) is 4.46. The minimum atomic E-state index is -2.38. The molecule has 3 rings (SSSR count). The Morgan fingerprint density at radius 2 is 1.86 bits per heavy atom. The number of phenolic OH excluding ortho intramolecular Hbond substituents is 2.